The molecule has 0 saturated carbocycles. The van der Waals surface area contributed by atoms with Gasteiger partial charge in [0.15, 0.2) is 11.6 Å². The summed E-state index contributed by atoms with van der Waals surface area (Å²) in [5.41, 5.74) is 0.886. The van der Waals surface area contributed by atoms with Gasteiger partial charge in [-0.3, -0.25) is 4.79 Å². The van der Waals surface area contributed by atoms with Crippen LogP contribution in [0.3, 0.4) is 0 Å². The molecule has 0 fully saturated rings. The van der Waals surface area contributed by atoms with Crippen LogP contribution in [0.2, 0.25) is 0 Å². The Morgan fingerprint density at radius 3 is 2.33 bits per heavy atom. The van der Waals surface area contributed by atoms with Gasteiger partial charge in [-0.1, -0.05) is 32.8 Å². The molecule has 1 N–H and O–H groups in total. The molecule has 1 rings (SSSR count). The van der Waals surface area contributed by atoms with Crippen LogP contribution < -0.4 is 0 Å². The summed E-state index contributed by atoms with van der Waals surface area (Å²) in [6, 6.07) is 4.17. The molecule has 0 radical (unpaired) electrons. The van der Waals surface area contributed by atoms with Crippen molar-refractivity contribution in [2.45, 2.75) is 46.0 Å². The molecule has 0 saturated heterocycles. The highest BCUT2D eigenvalue weighted by molar-refractivity contribution is 5.62. The first-order valence-corrected chi connectivity index (χ1v) is 6.03. The van der Waals surface area contributed by atoms with E-state index in [1.54, 1.807) is 6.07 Å². The summed E-state index contributed by atoms with van der Waals surface area (Å²) in [6.07, 6.45) is 3.29. The summed E-state index contributed by atoms with van der Waals surface area (Å²) in [5.74, 6) is -2.03. The molecule has 4 heteroatoms. The smallest absolute Gasteiger partial charge is 0.300 e. The molecule has 0 spiro atoms. The lowest BCUT2D eigenvalue weighted by Crippen LogP contribution is -1.95. The minimum atomic E-state index is -0.833. The topological polar surface area (TPSA) is 37.3 Å². The Labute approximate surface area is 107 Å². The number of aliphatic carboxylic acids is 1. The maximum absolute atomic E-state index is 12.9. The molecule has 1 aromatic rings. The number of rotatable bonds is 4. The van der Waals surface area contributed by atoms with Gasteiger partial charge in [0.05, 0.1) is 0 Å². The van der Waals surface area contributed by atoms with Gasteiger partial charge in [-0.2, -0.15) is 0 Å². The van der Waals surface area contributed by atoms with Gasteiger partial charge >= 0.3 is 0 Å². The van der Waals surface area contributed by atoms with Crippen LogP contribution in [0.15, 0.2) is 18.2 Å². The molecule has 0 aliphatic carbocycles. The van der Waals surface area contributed by atoms with Crippen LogP contribution in [0.25, 0.3) is 0 Å². The number of hydrogen-bond acceptors (Lipinski definition) is 1. The molecule has 0 aromatic heterocycles. The van der Waals surface area contributed by atoms with Crippen LogP contribution in [-0.4, -0.2) is 11.1 Å². The maximum Gasteiger partial charge on any atom is 0.300 e. The normalized spacial score (nSPS) is 11.4. The third kappa shape index (κ3) is 6.99. The van der Waals surface area contributed by atoms with Gasteiger partial charge in [0, 0.05) is 6.92 Å². The summed E-state index contributed by atoms with van der Waals surface area (Å²) in [5, 5.41) is 7.42. The fourth-order valence-electron chi connectivity index (χ4n) is 1.50. The Balaban J connectivity index is 0.000000631. The van der Waals surface area contributed by atoms with E-state index >= 15 is 0 Å². The SMILES string of the molecule is CC(=O)O.CCCCC(C)c1ccc(F)c(F)c1. The minimum Gasteiger partial charge on any atom is -0.481 e. The van der Waals surface area contributed by atoms with Gasteiger partial charge in [-0.25, -0.2) is 8.78 Å². The highest BCUT2D eigenvalue weighted by Crippen LogP contribution is 2.22. The highest BCUT2D eigenvalue weighted by Gasteiger charge is 2.08. The molecule has 0 amide bonds. The zero-order valence-electron chi connectivity index (χ0n) is 11.0. The largest absolute Gasteiger partial charge is 0.481 e. The second-order valence-corrected chi connectivity index (χ2v) is 4.24. The molecular formula is C14H20F2O2. The third-order valence-corrected chi connectivity index (χ3v) is 2.50. The van der Waals surface area contributed by atoms with E-state index in [1.807, 2.05) is 6.92 Å². The predicted molar refractivity (Wildman–Crippen MR) is 67.6 cm³/mol. The van der Waals surface area contributed by atoms with Crippen LogP contribution in [0.1, 0.15) is 51.5 Å². The van der Waals surface area contributed by atoms with Crippen molar-refractivity contribution in [3.8, 4) is 0 Å². The molecule has 0 aliphatic heterocycles. The van der Waals surface area contributed by atoms with Crippen LogP contribution in [0.5, 0.6) is 0 Å². The quantitative estimate of drug-likeness (QED) is 0.871. The number of carboxylic acid groups (broad SMARTS) is 1. The van der Waals surface area contributed by atoms with Crippen LogP contribution in [0, 0.1) is 11.6 Å². The molecule has 0 aliphatic rings. The molecule has 1 unspecified atom stereocenters. The fraction of sp³-hybridized carbons (Fsp3) is 0.500. The van der Waals surface area contributed by atoms with Crippen molar-refractivity contribution in [2.24, 2.45) is 0 Å². The van der Waals surface area contributed by atoms with Gasteiger partial charge in [-0.05, 0) is 30.0 Å². The standard InChI is InChI=1S/C12H16F2.C2H4O2/c1-3-4-5-9(2)10-6-7-11(13)12(14)8-10;1-2(3)4/h6-9H,3-5H2,1-2H3;1H3,(H,3,4). The molecule has 18 heavy (non-hydrogen) atoms. The van der Waals surface area contributed by atoms with E-state index in [1.165, 1.54) is 12.1 Å². The van der Waals surface area contributed by atoms with Crippen molar-refractivity contribution in [3.63, 3.8) is 0 Å². The zero-order valence-corrected chi connectivity index (χ0v) is 11.0. The Hall–Kier alpha value is -1.45. The van der Waals surface area contributed by atoms with E-state index in [9.17, 15) is 8.78 Å². The lowest BCUT2D eigenvalue weighted by Gasteiger charge is -2.11. The van der Waals surface area contributed by atoms with Crippen molar-refractivity contribution >= 4 is 5.97 Å². The molecular weight excluding hydrogens is 238 g/mol. The van der Waals surface area contributed by atoms with Crippen LogP contribution in [0.4, 0.5) is 8.78 Å². The number of unbranched alkanes of at least 4 members (excludes halogenated alkanes) is 1. The van der Waals surface area contributed by atoms with E-state index < -0.39 is 17.6 Å². The number of benzene rings is 1. The van der Waals surface area contributed by atoms with Gasteiger partial charge in [0.1, 0.15) is 0 Å². The van der Waals surface area contributed by atoms with Gasteiger partial charge in [-0.15, -0.1) is 0 Å². The fourth-order valence-corrected chi connectivity index (χ4v) is 1.50. The summed E-state index contributed by atoms with van der Waals surface area (Å²) >= 11 is 0. The van der Waals surface area contributed by atoms with Gasteiger partial charge in [0.2, 0.25) is 0 Å². The van der Waals surface area contributed by atoms with E-state index in [0.717, 1.165) is 31.7 Å². The first kappa shape index (κ1) is 16.6. The number of halogens is 2. The monoisotopic (exact) mass is 258 g/mol. The Morgan fingerprint density at radius 1 is 1.33 bits per heavy atom. The number of hydrogen-bond donors (Lipinski definition) is 1. The van der Waals surface area contributed by atoms with Gasteiger partial charge in [0.25, 0.3) is 5.97 Å². The minimum absolute atomic E-state index is 0.310. The number of carboxylic acids is 1. The van der Waals surface area contributed by atoms with E-state index in [2.05, 4.69) is 6.92 Å². The molecule has 0 heterocycles. The average molecular weight is 258 g/mol. The van der Waals surface area contributed by atoms with Crippen LogP contribution >= 0.6 is 0 Å². The van der Waals surface area contributed by atoms with Crippen molar-refractivity contribution in [1.82, 2.24) is 0 Å². The Morgan fingerprint density at radius 2 is 1.89 bits per heavy atom. The van der Waals surface area contributed by atoms with E-state index in [4.69, 9.17) is 9.90 Å². The van der Waals surface area contributed by atoms with Gasteiger partial charge < -0.3 is 5.11 Å². The lowest BCUT2D eigenvalue weighted by molar-refractivity contribution is -0.134. The summed E-state index contributed by atoms with van der Waals surface area (Å²) in [6.45, 7) is 5.25. The van der Waals surface area contributed by atoms with Crippen molar-refractivity contribution in [2.75, 3.05) is 0 Å². The second kappa shape index (κ2) is 8.61. The molecule has 2 nitrogen and oxygen atoms in total. The molecule has 102 valence electrons. The van der Waals surface area contributed by atoms with Crippen molar-refractivity contribution < 1.29 is 18.7 Å². The highest BCUT2D eigenvalue weighted by atomic mass is 19.2. The predicted octanol–water partition coefficient (Wildman–Crippen LogP) is 4.35. The Bertz CT molecular complexity index is 374. The lowest BCUT2D eigenvalue weighted by atomic mass is 9.95. The Kier molecular flexibility index (Phi) is 7.92. The second-order valence-electron chi connectivity index (χ2n) is 4.24. The van der Waals surface area contributed by atoms with Crippen molar-refractivity contribution in [1.29, 1.82) is 0 Å². The number of carbonyl (C=O) groups is 1. The first-order valence-electron chi connectivity index (χ1n) is 6.03. The zero-order chi connectivity index (χ0) is 14.1. The summed E-state index contributed by atoms with van der Waals surface area (Å²) < 4.78 is 25.5. The summed E-state index contributed by atoms with van der Waals surface area (Å²) in [7, 11) is 0. The summed E-state index contributed by atoms with van der Waals surface area (Å²) in [4.78, 5) is 9.00. The average Bonchev–Trinajstić information content (AvgIpc) is 2.29. The third-order valence-electron chi connectivity index (χ3n) is 2.50. The van der Waals surface area contributed by atoms with E-state index in [-0.39, 0.29) is 0 Å². The molecule has 1 atom stereocenters. The van der Waals surface area contributed by atoms with Crippen molar-refractivity contribution in [3.05, 3.63) is 35.4 Å². The van der Waals surface area contributed by atoms with Crippen LogP contribution in [-0.2, 0) is 4.79 Å². The molecule has 1 aromatic carbocycles. The van der Waals surface area contributed by atoms with E-state index in [0.29, 0.717) is 5.92 Å². The molecule has 0 bridgehead atoms. The maximum atomic E-state index is 12.9. The first-order chi connectivity index (χ1) is 8.38.